The molecular weight excluding hydrogens is 174 g/mol. The largest absolute Gasteiger partial charge is 0.416 e. The Morgan fingerprint density at radius 2 is 2.33 bits per heavy atom. The number of nitrogens with zero attached hydrogens (tertiary/aromatic N) is 2. The molecule has 0 spiro atoms. The number of thioether (sulfide) groups is 1. The van der Waals surface area contributed by atoms with Crippen LogP contribution in [0.5, 0.6) is 0 Å². The first-order valence-electron chi connectivity index (χ1n) is 3.85. The van der Waals surface area contributed by atoms with Crippen LogP contribution in [0, 0.1) is 0 Å². The van der Waals surface area contributed by atoms with Crippen LogP contribution in [-0.4, -0.2) is 23.0 Å². The van der Waals surface area contributed by atoms with Crippen molar-refractivity contribution in [1.29, 1.82) is 0 Å². The molecule has 0 saturated carbocycles. The third-order valence-corrected chi connectivity index (χ3v) is 2.13. The third-order valence-electron chi connectivity index (χ3n) is 1.62. The summed E-state index contributed by atoms with van der Waals surface area (Å²) in [4.78, 5) is 0. The van der Waals surface area contributed by atoms with E-state index in [2.05, 4.69) is 10.2 Å². The summed E-state index contributed by atoms with van der Waals surface area (Å²) in [5, 5.41) is 8.38. The van der Waals surface area contributed by atoms with E-state index in [1.807, 2.05) is 13.2 Å². The van der Waals surface area contributed by atoms with Crippen molar-refractivity contribution < 1.29 is 4.42 Å². The van der Waals surface area contributed by atoms with Gasteiger partial charge in [0.25, 0.3) is 5.22 Å². The highest BCUT2D eigenvalue weighted by Crippen LogP contribution is 2.20. The SMILES string of the molecule is CSc1nnc(C(C)CCN)o1. The summed E-state index contributed by atoms with van der Waals surface area (Å²) >= 11 is 1.45. The Balaban J connectivity index is 2.61. The van der Waals surface area contributed by atoms with Crippen molar-refractivity contribution in [2.24, 2.45) is 5.73 Å². The zero-order valence-corrected chi connectivity index (χ0v) is 8.10. The lowest BCUT2D eigenvalue weighted by molar-refractivity contribution is 0.386. The fraction of sp³-hybridized carbons (Fsp3) is 0.714. The van der Waals surface area contributed by atoms with Crippen molar-refractivity contribution >= 4 is 11.8 Å². The van der Waals surface area contributed by atoms with E-state index in [4.69, 9.17) is 10.2 Å². The number of rotatable bonds is 4. The predicted molar refractivity (Wildman–Crippen MR) is 48.2 cm³/mol. The summed E-state index contributed by atoms with van der Waals surface area (Å²) < 4.78 is 5.33. The van der Waals surface area contributed by atoms with E-state index in [-0.39, 0.29) is 5.92 Å². The first-order valence-corrected chi connectivity index (χ1v) is 5.08. The Morgan fingerprint density at radius 1 is 1.58 bits per heavy atom. The van der Waals surface area contributed by atoms with Gasteiger partial charge in [0.15, 0.2) is 0 Å². The maximum atomic E-state index is 5.41. The monoisotopic (exact) mass is 187 g/mol. The number of aromatic nitrogens is 2. The van der Waals surface area contributed by atoms with Gasteiger partial charge in [-0.2, -0.15) is 0 Å². The van der Waals surface area contributed by atoms with Gasteiger partial charge in [-0.15, -0.1) is 10.2 Å². The quantitative estimate of drug-likeness (QED) is 0.718. The Kier molecular flexibility index (Phi) is 3.55. The van der Waals surface area contributed by atoms with Crippen LogP contribution < -0.4 is 5.73 Å². The molecule has 4 nitrogen and oxygen atoms in total. The molecule has 0 saturated heterocycles. The molecule has 0 bridgehead atoms. The van der Waals surface area contributed by atoms with Gasteiger partial charge in [0.05, 0.1) is 0 Å². The lowest BCUT2D eigenvalue weighted by Gasteiger charge is -2.01. The molecule has 0 aliphatic heterocycles. The highest BCUT2D eigenvalue weighted by molar-refractivity contribution is 7.98. The fourth-order valence-corrected chi connectivity index (χ4v) is 1.17. The van der Waals surface area contributed by atoms with Crippen molar-refractivity contribution in [2.45, 2.75) is 24.5 Å². The highest BCUT2D eigenvalue weighted by atomic mass is 32.2. The van der Waals surface area contributed by atoms with Crippen LogP contribution in [0.3, 0.4) is 0 Å². The van der Waals surface area contributed by atoms with E-state index in [1.54, 1.807) is 0 Å². The standard InChI is InChI=1S/C7H13N3OS/c1-5(3-4-8)6-9-10-7(11-6)12-2/h5H,3-4,8H2,1-2H3. The first-order chi connectivity index (χ1) is 5.77. The van der Waals surface area contributed by atoms with Gasteiger partial charge in [0.2, 0.25) is 5.89 Å². The molecule has 12 heavy (non-hydrogen) atoms. The smallest absolute Gasteiger partial charge is 0.276 e. The van der Waals surface area contributed by atoms with Crippen LogP contribution >= 0.6 is 11.8 Å². The maximum absolute atomic E-state index is 5.41. The van der Waals surface area contributed by atoms with Gasteiger partial charge in [-0.25, -0.2) is 0 Å². The Hall–Kier alpha value is -0.550. The van der Waals surface area contributed by atoms with Crippen LogP contribution in [-0.2, 0) is 0 Å². The fourth-order valence-electron chi connectivity index (χ4n) is 0.876. The molecule has 0 aromatic carbocycles. The molecule has 2 N–H and O–H groups in total. The number of hydrogen-bond acceptors (Lipinski definition) is 5. The second-order valence-electron chi connectivity index (χ2n) is 2.59. The Morgan fingerprint density at radius 3 is 2.83 bits per heavy atom. The maximum Gasteiger partial charge on any atom is 0.276 e. The van der Waals surface area contributed by atoms with Gasteiger partial charge in [-0.3, -0.25) is 0 Å². The zero-order chi connectivity index (χ0) is 8.97. The molecule has 0 aliphatic carbocycles. The summed E-state index contributed by atoms with van der Waals surface area (Å²) in [6, 6.07) is 0. The molecule has 1 aromatic rings. The molecular formula is C7H13N3OS. The van der Waals surface area contributed by atoms with Crippen LogP contribution in [0.15, 0.2) is 9.64 Å². The average molecular weight is 187 g/mol. The van der Waals surface area contributed by atoms with Crippen molar-refractivity contribution in [3.63, 3.8) is 0 Å². The van der Waals surface area contributed by atoms with Gasteiger partial charge < -0.3 is 10.2 Å². The number of hydrogen-bond donors (Lipinski definition) is 1. The molecule has 68 valence electrons. The first kappa shape index (κ1) is 9.54. The third kappa shape index (κ3) is 2.22. The van der Waals surface area contributed by atoms with Crippen LogP contribution in [0.4, 0.5) is 0 Å². The molecule has 1 rings (SSSR count). The Bertz CT molecular complexity index is 238. The van der Waals surface area contributed by atoms with Crippen LogP contribution in [0.1, 0.15) is 25.2 Å². The van der Waals surface area contributed by atoms with E-state index < -0.39 is 0 Å². The molecule has 5 heteroatoms. The minimum absolute atomic E-state index is 0.267. The van der Waals surface area contributed by atoms with E-state index in [9.17, 15) is 0 Å². The van der Waals surface area contributed by atoms with E-state index in [0.717, 1.165) is 6.42 Å². The predicted octanol–water partition coefficient (Wildman–Crippen LogP) is 1.24. The molecule has 1 atom stereocenters. The van der Waals surface area contributed by atoms with Gasteiger partial charge in [-0.1, -0.05) is 18.7 Å². The second-order valence-corrected chi connectivity index (χ2v) is 3.35. The van der Waals surface area contributed by atoms with Crippen molar-refractivity contribution in [3.8, 4) is 0 Å². The molecule has 1 aromatic heterocycles. The number of nitrogens with two attached hydrogens (primary N) is 1. The lowest BCUT2D eigenvalue weighted by atomic mass is 10.1. The normalized spacial score (nSPS) is 13.2. The molecule has 0 aliphatic rings. The summed E-state index contributed by atoms with van der Waals surface area (Å²) in [7, 11) is 0. The molecule has 1 unspecified atom stereocenters. The summed E-state index contributed by atoms with van der Waals surface area (Å²) in [5.74, 6) is 0.952. The second kappa shape index (κ2) is 4.47. The molecule has 0 amide bonds. The lowest BCUT2D eigenvalue weighted by Crippen LogP contribution is -2.04. The highest BCUT2D eigenvalue weighted by Gasteiger charge is 2.12. The van der Waals surface area contributed by atoms with E-state index in [0.29, 0.717) is 17.7 Å². The van der Waals surface area contributed by atoms with Gasteiger partial charge >= 0.3 is 0 Å². The van der Waals surface area contributed by atoms with Gasteiger partial charge in [0.1, 0.15) is 0 Å². The van der Waals surface area contributed by atoms with Crippen molar-refractivity contribution in [3.05, 3.63) is 5.89 Å². The van der Waals surface area contributed by atoms with Crippen LogP contribution in [0.2, 0.25) is 0 Å². The summed E-state index contributed by atoms with van der Waals surface area (Å²) in [5.41, 5.74) is 5.41. The van der Waals surface area contributed by atoms with Crippen molar-refractivity contribution in [1.82, 2.24) is 10.2 Å². The van der Waals surface area contributed by atoms with Gasteiger partial charge in [-0.05, 0) is 19.2 Å². The average Bonchev–Trinajstić information content (AvgIpc) is 2.52. The minimum Gasteiger partial charge on any atom is -0.416 e. The molecule has 0 fully saturated rings. The molecule has 1 heterocycles. The Labute approximate surface area is 75.9 Å². The summed E-state index contributed by atoms with van der Waals surface area (Å²) in [6.07, 6.45) is 2.79. The van der Waals surface area contributed by atoms with Crippen molar-refractivity contribution in [2.75, 3.05) is 12.8 Å². The minimum atomic E-state index is 0.267. The molecule has 0 radical (unpaired) electrons. The van der Waals surface area contributed by atoms with Gasteiger partial charge in [0, 0.05) is 5.92 Å². The van der Waals surface area contributed by atoms with Crippen LogP contribution in [0.25, 0.3) is 0 Å². The van der Waals surface area contributed by atoms with E-state index >= 15 is 0 Å². The topological polar surface area (TPSA) is 64.9 Å². The zero-order valence-electron chi connectivity index (χ0n) is 7.28. The van der Waals surface area contributed by atoms with E-state index in [1.165, 1.54) is 11.8 Å². The summed E-state index contributed by atoms with van der Waals surface area (Å²) in [6.45, 7) is 2.68.